The molecule has 0 saturated carbocycles. The molecule has 2 heterocycles. The van der Waals surface area contributed by atoms with Crippen molar-refractivity contribution in [3.63, 3.8) is 0 Å². The number of halogens is 2. The predicted molar refractivity (Wildman–Crippen MR) is 91.9 cm³/mol. The Morgan fingerprint density at radius 3 is 2.72 bits per heavy atom. The van der Waals surface area contributed by atoms with Crippen molar-refractivity contribution in [2.24, 2.45) is 0 Å². The molecular weight excluding hydrogens is 370 g/mol. The Labute approximate surface area is 148 Å². The van der Waals surface area contributed by atoms with Crippen LogP contribution >= 0.6 is 11.3 Å². The smallest absolute Gasteiger partial charge is 0.319 e. The summed E-state index contributed by atoms with van der Waals surface area (Å²) in [4.78, 5) is 12.2. The second kappa shape index (κ2) is 6.72. The third-order valence-corrected chi connectivity index (χ3v) is 7.85. The quantitative estimate of drug-likeness (QED) is 0.833. The van der Waals surface area contributed by atoms with Crippen LogP contribution in [0.25, 0.3) is 0 Å². The molecule has 0 spiro atoms. The molecule has 5 nitrogen and oxygen atoms in total. The fourth-order valence-corrected chi connectivity index (χ4v) is 6.05. The summed E-state index contributed by atoms with van der Waals surface area (Å²) in [5.41, 5.74) is 0.297. The summed E-state index contributed by atoms with van der Waals surface area (Å²) in [6.45, 7) is 1.59. The van der Waals surface area contributed by atoms with Crippen molar-refractivity contribution in [3.8, 4) is 0 Å². The van der Waals surface area contributed by atoms with E-state index in [-0.39, 0.29) is 21.9 Å². The van der Waals surface area contributed by atoms with E-state index in [1.165, 1.54) is 18.2 Å². The number of benzene rings is 1. The second-order valence-corrected chi connectivity index (χ2v) is 9.27. The van der Waals surface area contributed by atoms with E-state index in [1.807, 2.05) is 0 Å². The third kappa shape index (κ3) is 3.38. The molecule has 2 amide bonds. The summed E-state index contributed by atoms with van der Waals surface area (Å²) in [5, 5.41) is 6.15. The van der Waals surface area contributed by atoms with Gasteiger partial charge in [0, 0.05) is 11.1 Å². The Bertz CT molecular complexity index is 896. The number of nitrogens with one attached hydrogen (secondary N) is 2. The number of rotatable bonds is 3. The Hall–Kier alpha value is -2.00. The molecule has 1 aliphatic heterocycles. The molecule has 1 aliphatic rings. The first-order valence-electron chi connectivity index (χ1n) is 7.56. The molecule has 1 aromatic carbocycles. The van der Waals surface area contributed by atoms with Crippen LogP contribution in [0.15, 0.2) is 39.9 Å². The minimum Gasteiger partial charge on any atom is -0.331 e. The molecule has 1 aromatic heterocycles. The molecule has 0 unspecified atom stereocenters. The van der Waals surface area contributed by atoms with Gasteiger partial charge in [-0.25, -0.2) is 22.0 Å². The summed E-state index contributed by atoms with van der Waals surface area (Å²) in [6, 6.07) is 6.18. The third-order valence-electron chi connectivity index (χ3n) is 4.14. The van der Waals surface area contributed by atoms with Gasteiger partial charge in [0.15, 0.2) is 9.84 Å². The lowest BCUT2D eigenvalue weighted by Gasteiger charge is -2.28. The van der Waals surface area contributed by atoms with Crippen molar-refractivity contribution >= 4 is 32.9 Å². The van der Waals surface area contributed by atoms with Gasteiger partial charge >= 0.3 is 6.03 Å². The molecule has 2 N–H and O–H groups in total. The number of para-hydroxylation sites is 1. The van der Waals surface area contributed by atoms with Gasteiger partial charge in [-0.05, 0) is 30.9 Å². The number of thiophene rings is 1. The highest BCUT2D eigenvalue weighted by atomic mass is 32.2. The monoisotopic (exact) mass is 386 g/mol. The number of anilines is 1. The highest BCUT2D eigenvalue weighted by Gasteiger charge is 2.38. The van der Waals surface area contributed by atoms with E-state index in [0.29, 0.717) is 5.56 Å². The van der Waals surface area contributed by atoms with Gasteiger partial charge in [-0.1, -0.05) is 18.2 Å². The first-order valence-corrected chi connectivity index (χ1v) is 9.99. The van der Waals surface area contributed by atoms with Crippen LogP contribution in [0.3, 0.4) is 0 Å². The number of alkyl halides is 2. The normalized spacial score (nSPS) is 21.6. The van der Waals surface area contributed by atoms with Crippen molar-refractivity contribution in [2.75, 3.05) is 5.32 Å². The van der Waals surface area contributed by atoms with Crippen molar-refractivity contribution in [2.45, 2.75) is 35.3 Å². The van der Waals surface area contributed by atoms with Gasteiger partial charge in [-0.3, -0.25) is 0 Å². The maximum Gasteiger partial charge on any atom is 0.319 e. The van der Waals surface area contributed by atoms with Gasteiger partial charge < -0.3 is 10.6 Å². The van der Waals surface area contributed by atoms with Gasteiger partial charge in [0.05, 0.1) is 17.0 Å². The predicted octanol–water partition coefficient (Wildman–Crippen LogP) is 4.11. The van der Waals surface area contributed by atoms with Crippen LogP contribution in [-0.2, 0) is 9.84 Å². The molecule has 25 heavy (non-hydrogen) atoms. The first kappa shape index (κ1) is 17.8. The van der Waals surface area contributed by atoms with Crippen molar-refractivity contribution in [1.29, 1.82) is 0 Å². The Morgan fingerprint density at radius 2 is 2.00 bits per heavy atom. The Morgan fingerprint density at radius 1 is 1.28 bits per heavy atom. The van der Waals surface area contributed by atoms with E-state index in [1.54, 1.807) is 24.4 Å². The molecule has 0 aliphatic carbocycles. The SMILES string of the molecule is C[C@H]1C[C@H](NC(=O)Nc2ccccc2C(F)F)c2ccsc2S1(=O)=O. The summed E-state index contributed by atoms with van der Waals surface area (Å²) in [5.74, 6) is 0. The largest absolute Gasteiger partial charge is 0.331 e. The molecule has 0 radical (unpaired) electrons. The van der Waals surface area contributed by atoms with Crippen LogP contribution in [0, 0.1) is 0 Å². The average molecular weight is 386 g/mol. The van der Waals surface area contributed by atoms with Crippen LogP contribution in [0.2, 0.25) is 0 Å². The number of urea groups is 1. The van der Waals surface area contributed by atoms with Crippen LogP contribution < -0.4 is 10.6 Å². The van der Waals surface area contributed by atoms with E-state index in [2.05, 4.69) is 10.6 Å². The Balaban J connectivity index is 1.79. The van der Waals surface area contributed by atoms with E-state index in [9.17, 15) is 22.0 Å². The minimum atomic E-state index is -3.38. The molecule has 2 aromatic rings. The van der Waals surface area contributed by atoms with Gasteiger partial charge in [0.25, 0.3) is 6.43 Å². The number of carbonyl (C=O) groups is 1. The zero-order valence-electron chi connectivity index (χ0n) is 13.2. The summed E-state index contributed by atoms with van der Waals surface area (Å²) < 4.78 is 50.8. The zero-order valence-corrected chi connectivity index (χ0v) is 14.8. The molecule has 9 heteroatoms. The van der Waals surface area contributed by atoms with Gasteiger partial charge in [-0.15, -0.1) is 11.3 Å². The van der Waals surface area contributed by atoms with Crippen LogP contribution in [0.1, 0.15) is 36.9 Å². The van der Waals surface area contributed by atoms with E-state index >= 15 is 0 Å². The summed E-state index contributed by atoms with van der Waals surface area (Å²) in [6.07, 6.45) is -2.48. The van der Waals surface area contributed by atoms with E-state index in [4.69, 9.17) is 0 Å². The number of amides is 2. The number of carbonyl (C=O) groups excluding carboxylic acids is 1. The van der Waals surface area contributed by atoms with Crippen molar-refractivity contribution < 1.29 is 22.0 Å². The molecule has 0 fully saturated rings. The standard InChI is InChI=1S/C16H16F2N2O3S2/c1-9-8-13(11-6-7-24-15(11)25(9,22)23)20-16(21)19-12-5-3-2-4-10(12)14(17)18/h2-7,9,13-14H,8H2,1H3,(H2,19,20,21)/t9-,13-/m0/s1. The number of fused-ring (bicyclic) bond motifs is 1. The number of hydrogen-bond donors (Lipinski definition) is 2. The van der Waals surface area contributed by atoms with Gasteiger partial charge in [0.1, 0.15) is 4.21 Å². The zero-order chi connectivity index (χ0) is 18.2. The van der Waals surface area contributed by atoms with E-state index < -0.39 is 33.6 Å². The maximum absolute atomic E-state index is 13.0. The molecule has 2 atom stereocenters. The lowest BCUT2D eigenvalue weighted by molar-refractivity contribution is 0.152. The van der Waals surface area contributed by atoms with Crippen LogP contribution in [0.5, 0.6) is 0 Å². The van der Waals surface area contributed by atoms with Crippen molar-refractivity contribution in [1.82, 2.24) is 5.32 Å². The maximum atomic E-state index is 13.0. The Kier molecular flexibility index (Phi) is 4.79. The topological polar surface area (TPSA) is 75.3 Å². The summed E-state index contributed by atoms with van der Waals surface area (Å²) >= 11 is 1.12. The molecule has 134 valence electrons. The number of sulfone groups is 1. The molecule has 0 bridgehead atoms. The van der Waals surface area contributed by atoms with Crippen LogP contribution in [-0.4, -0.2) is 19.7 Å². The molecule has 3 rings (SSSR count). The fraction of sp³-hybridized carbons (Fsp3) is 0.312. The minimum absolute atomic E-state index is 0.0250. The first-order chi connectivity index (χ1) is 11.8. The lowest BCUT2D eigenvalue weighted by atomic mass is 10.1. The highest BCUT2D eigenvalue weighted by Crippen LogP contribution is 2.39. The van der Waals surface area contributed by atoms with Gasteiger partial charge in [-0.2, -0.15) is 0 Å². The van der Waals surface area contributed by atoms with Crippen molar-refractivity contribution in [3.05, 3.63) is 46.8 Å². The lowest BCUT2D eigenvalue weighted by Crippen LogP contribution is -2.38. The average Bonchev–Trinajstić information content (AvgIpc) is 3.04. The van der Waals surface area contributed by atoms with E-state index in [0.717, 1.165) is 11.3 Å². The highest BCUT2D eigenvalue weighted by molar-refractivity contribution is 7.94. The molecule has 0 saturated heterocycles. The van der Waals surface area contributed by atoms with Gasteiger partial charge in [0.2, 0.25) is 0 Å². The van der Waals surface area contributed by atoms with Crippen LogP contribution in [0.4, 0.5) is 19.3 Å². The molecular formula is C16H16F2N2O3S2. The summed E-state index contributed by atoms with van der Waals surface area (Å²) in [7, 11) is -3.38. The fourth-order valence-electron chi connectivity index (χ4n) is 2.82. The second-order valence-electron chi connectivity index (χ2n) is 5.79. The number of hydrogen-bond acceptors (Lipinski definition) is 4.